The van der Waals surface area contributed by atoms with Crippen molar-refractivity contribution in [2.45, 2.75) is 26.4 Å². The van der Waals surface area contributed by atoms with Crippen molar-refractivity contribution in [2.24, 2.45) is 0 Å². The zero-order valence-corrected chi connectivity index (χ0v) is 13.4. The van der Waals surface area contributed by atoms with Crippen LogP contribution in [0.15, 0.2) is 42.7 Å². The van der Waals surface area contributed by atoms with Crippen LogP contribution in [0.4, 0.5) is 5.69 Å². The van der Waals surface area contributed by atoms with Gasteiger partial charge in [0.15, 0.2) is 0 Å². The normalized spacial score (nSPS) is 10.6. The van der Waals surface area contributed by atoms with Crippen LogP contribution in [-0.2, 0) is 13.1 Å². The van der Waals surface area contributed by atoms with Gasteiger partial charge in [0.05, 0.1) is 0 Å². The number of halogens is 1. The average molecular weight is 304 g/mol. The highest BCUT2D eigenvalue weighted by molar-refractivity contribution is 6.31. The van der Waals surface area contributed by atoms with E-state index in [1.54, 1.807) is 6.20 Å². The summed E-state index contributed by atoms with van der Waals surface area (Å²) in [6.45, 7) is 4.77. The highest BCUT2D eigenvalue weighted by Gasteiger charge is 2.11. The second-order valence-electron chi connectivity index (χ2n) is 5.13. The van der Waals surface area contributed by atoms with Gasteiger partial charge in [-0.25, -0.2) is 0 Å². The van der Waals surface area contributed by atoms with Crippen molar-refractivity contribution >= 4 is 17.3 Å². The first-order valence-corrected chi connectivity index (χ1v) is 7.68. The van der Waals surface area contributed by atoms with Gasteiger partial charge >= 0.3 is 0 Å². The SMILES string of the molecule is CCCNCc1c(Cl)cccc1N(C)Cc1cccnc1. The predicted octanol–water partition coefficient (Wildman–Crippen LogP) is 3.87. The summed E-state index contributed by atoms with van der Waals surface area (Å²) in [5, 5.41) is 4.24. The summed E-state index contributed by atoms with van der Waals surface area (Å²) in [4.78, 5) is 6.38. The van der Waals surface area contributed by atoms with E-state index in [9.17, 15) is 0 Å². The van der Waals surface area contributed by atoms with Crippen LogP contribution in [0.5, 0.6) is 0 Å². The Morgan fingerprint density at radius 2 is 2.10 bits per heavy atom. The molecule has 0 spiro atoms. The van der Waals surface area contributed by atoms with Crippen molar-refractivity contribution in [2.75, 3.05) is 18.5 Å². The Morgan fingerprint density at radius 1 is 1.24 bits per heavy atom. The van der Waals surface area contributed by atoms with E-state index in [0.29, 0.717) is 0 Å². The molecule has 2 aromatic rings. The zero-order chi connectivity index (χ0) is 15.1. The molecule has 0 aliphatic rings. The summed E-state index contributed by atoms with van der Waals surface area (Å²) in [5.74, 6) is 0. The molecule has 0 unspecified atom stereocenters. The maximum Gasteiger partial charge on any atom is 0.0471 e. The van der Waals surface area contributed by atoms with Crippen LogP contribution in [0.3, 0.4) is 0 Å². The Bertz CT molecular complexity index is 557. The minimum Gasteiger partial charge on any atom is -0.370 e. The molecule has 112 valence electrons. The first-order valence-electron chi connectivity index (χ1n) is 7.30. The van der Waals surface area contributed by atoms with Crippen LogP contribution >= 0.6 is 11.6 Å². The van der Waals surface area contributed by atoms with E-state index in [1.807, 2.05) is 24.4 Å². The molecule has 0 amide bonds. The summed E-state index contributed by atoms with van der Waals surface area (Å²) >= 11 is 6.38. The lowest BCUT2D eigenvalue weighted by Gasteiger charge is -2.23. The lowest BCUT2D eigenvalue weighted by atomic mass is 10.1. The number of pyridine rings is 1. The summed E-state index contributed by atoms with van der Waals surface area (Å²) in [6, 6.07) is 10.1. The van der Waals surface area contributed by atoms with Crippen molar-refractivity contribution < 1.29 is 0 Å². The van der Waals surface area contributed by atoms with E-state index in [0.717, 1.165) is 42.3 Å². The van der Waals surface area contributed by atoms with Crippen molar-refractivity contribution in [3.8, 4) is 0 Å². The summed E-state index contributed by atoms with van der Waals surface area (Å²) in [7, 11) is 2.09. The fourth-order valence-corrected chi connectivity index (χ4v) is 2.56. The Hall–Kier alpha value is -1.58. The molecule has 3 nitrogen and oxygen atoms in total. The lowest BCUT2D eigenvalue weighted by Crippen LogP contribution is -2.21. The zero-order valence-electron chi connectivity index (χ0n) is 12.6. The second-order valence-corrected chi connectivity index (χ2v) is 5.54. The van der Waals surface area contributed by atoms with Crippen molar-refractivity contribution in [1.29, 1.82) is 0 Å². The third kappa shape index (κ3) is 4.45. The van der Waals surface area contributed by atoms with Crippen molar-refractivity contribution in [3.63, 3.8) is 0 Å². The largest absolute Gasteiger partial charge is 0.370 e. The molecule has 1 N–H and O–H groups in total. The number of anilines is 1. The predicted molar refractivity (Wildman–Crippen MR) is 89.8 cm³/mol. The Labute approximate surface area is 132 Å². The number of benzene rings is 1. The topological polar surface area (TPSA) is 28.2 Å². The van der Waals surface area contributed by atoms with Gasteiger partial charge in [-0.2, -0.15) is 0 Å². The van der Waals surface area contributed by atoms with Crippen LogP contribution in [0.25, 0.3) is 0 Å². The summed E-state index contributed by atoms with van der Waals surface area (Å²) in [6.07, 6.45) is 4.81. The number of aromatic nitrogens is 1. The third-order valence-electron chi connectivity index (χ3n) is 3.38. The van der Waals surface area contributed by atoms with Gasteiger partial charge in [-0.3, -0.25) is 4.98 Å². The van der Waals surface area contributed by atoms with Gasteiger partial charge in [0.1, 0.15) is 0 Å². The molecule has 1 aromatic heterocycles. The van der Waals surface area contributed by atoms with Gasteiger partial charge in [0.2, 0.25) is 0 Å². The Balaban J connectivity index is 2.15. The molecule has 0 aliphatic carbocycles. The van der Waals surface area contributed by atoms with Crippen LogP contribution in [0, 0.1) is 0 Å². The first kappa shape index (κ1) is 15.8. The molecule has 0 saturated carbocycles. The van der Waals surface area contributed by atoms with Crippen molar-refractivity contribution in [3.05, 3.63) is 58.9 Å². The van der Waals surface area contributed by atoms with E-state index in [1.165, 1.54) is 5.56 Å². The molecule has 0 saturated heterocycles. The van der Waals surface area contributed by atoms with Gasteiger partial charge in [-0.05, 0) is 36.7 Å². The molecule has 0 fully saturated rings. The molecule has 2 rings (SSSR count). The van der Waals surface area contributed by atoms with E-state index in [2.05, 4.69) is 41.3 Å². The van der Waals surface area contributed by atoms with Gasteiger partial charge in [0, 0.05) is 48.8 Å². The fourth-order valence-electron chi connectivity index (χ4n) is 2.32. The number of hydrogen-bond donors (Lipinski definition) is 1. The molecular weight excluding hydrogens is 282 g/mol. The van der Waals surface area contributed by atoms with E-state index < -0.39 is 0 Å². The minimum atomic E-state index is 0.792. The third-order valence-corrected chi connectivity index (χ3v) is 3.73. The van der Waals surface area contributed by atoms with Crippen LogP contribution in [0.1, 0.15) is 24.5 Å². The van der Waals surface area contributed by atoms with Gasteiger partial charge in [-0.1, -0.05) is 30.7 Å². The number of nitrogens with one attached hydrogen (secondary N) is 1. The summed E-state index contributed by atoms with van der Waals surface area (Å²) in [5.41, 5.74) is 3.50. The number of nitrogens with zero attached hydrogens (tertiary/aromatic N) is 2. The van der Waals surface area contributed by atoms with Crippen LogP contribution < -0.4 is 10.2 Å². The molecule has 0 radical (unpaired) electrons. The van der Waals surface area contributed by atoms with Gasteiger partial charge in [0.25, 0.3) is 0 Å². The smallest absolute Gasteiger partial charge is 0.0471 e. The van der Waals surface area contributed by atoms with Crippen LogP contribution in [0.2, 0.25) is 5.02 Å². The standard InChI is InChI=1S/C17H22ClN3/c1-3-9-19-12-15-16(18)7-4-8-17(15)21(2)13-14-6-5-10-20-11-14/h4-8,10-11,19H,3,9,12-13H2,1-2H3. The lowest BCUT2D eigenvalue weighted by molar-refractivity contribution is 0.674. The highest BCUT2D eigenvalue weighted by atomic mass is 35.5. The molecule has 0 atom stereocenters. The quantitative estimate of drug-likeness (QED) is 0.787. The molecule has 1 aromatic carbocycles. The number of rotatable bonds is 7. The van der Waals surface area contributed by atoms with Gasteiger partial charge in [-0.15, -0.1) is 0 Å². The molecule has 0 bridgehead atoms. The maximum absolute atomic E-state index is 6.38. The number of hydrogen-bond acceptors (Lipinski definition) is 3. The van der Waals surface area contributed by atoms with Gasteiger partial charge < -0.3 is 10.2 Å². The minimum absolute atomic E-state index is 0.792. The van der Waals surface area contributed by atoms with Crippen molar-refractivity contribution in [1.82, 2.24) is 10.3 Å². The van der Waals surface area contributed by atoms with Crippen LogP contribution in [-0.4, -0.2) is 18.6 Å². The second kappa shape index (κ2) is 8.01. The highest BCUT2D eigenvalue weighted by Crippen LogP contribution is 2.27. The first-order chi connectivity index (χ1) is 10.2. The summed E-state index contributed by atoms with van der Waals surface area (Å²) < 4.78 is 0. The Morgan fingerprint density at radius 3 is 2.81 bits per heavy atom. The van der Waals surface area contributed by atoms with E-state index in [-0.39, 0.29) is 0 Å². The Kier molecular flexibility index (Phi) is 6.03. The molecule has 0 aliphatic heterocycles. The molecule has 21 heavy (non-hydrogen) atoms. The van der Waals surface area contributed by atoms with E-state index >= 15 is 0 Å². The molecule has 4 heteroatoms. The molecular formula is C17H22ClN3. The fraction of sp³-hybridized carbons (Fsp3) is 0.353. The average Bonchev–Trinajstić information content (AvgIpc) is 2.50. The molecule has 1 heterocycles. The maximum atomic E-state index is 6.38. The monoisotopic (exact) mass is 303 g/mol. The van der Waals surface area contributed by atoms with E-state index in [4.69, 9.17) is 11.6 Å².